The molecule has 0 spiro atoms. The lowest BCUT2D eigenvalue weighted by Gasteiger charge is -2.39. The maximum absolute atomic E-state index is 13.1. The highest BCUT2D eigenvalue weighted by molar-refractivity contribution is 4.96. The smallest absolute Gasteiger partial charge is 0.248 e. The van der Waals surface area contributed by atoms with Crippen LogP contribution in [0, 0.1) is 0 Å². The summed E-state index contributed by atoms with van der Waals surface area (Å²) in [7, 11) is 2.11. The maximum Gasteiger partial charge on any atom is 0.248 e. The van der Waals surface area contributed by atoms with Crippen LogP contribution in [-0.2, 0) is 0 Å². The van der Waals surface area contributed by atoms with Crippen molar-refractivity contribution in [1.29, 1.82) is 0 Å². The molecule has 2 fully saturated rings. The molecule has 4 heteroatoms. The first-order valence-corrected chi connectivity index (χ1v) is 6.27. The van der Waals surface area contributed by atoms with Crippen molar-refractivity contribution in [3.05, 3.63) is 0 Å². The van der Waals surface area contributed by atoms with Crippen LogP contribution < -0.4 is 5.73 Å². The minimum atomic E-state index is -2.47. The third kappa shape index (κ3) is 2.72. The molecule has 1 atom stereocenters. The van der Waals surface area contributed by atoms with E-state index in [1.165, 1.54) is 12.8 Å². The number of nitrogens with two attached hydrogens (primary N) is 1. The predicted octanol–water partition coefficient (Wildman–Crippen LogP) is 2.38. The fraction of sp³-hybridized carbons (Fsp3) is 1.00. The van der Waals surface area contributed by atoms with Crippen molar-refractivity contribution in [2.75, 3.05) is 13.6 Å². The summed E-state index contributed by atoms with van der Waals surface area (Å²) in [5.41, 5.74) is 5.92. The van der Waals surface area contributed by atoms with Crippen LogP contribution in [0.1, 0.15) is 44.9 Å². The van der Waals surface area contributed by atoms with Gasteiger partial charge < -0.3 is 10.6 Å². The summed E-state index contributed by atoms with van der Waals surface area (Å²) in [5.74, 6) is -2.47. The lowest BCUT2D eigenvalue weighted by Crippen LogP contribution is -2.49. The summed E-state index contributed by atoms with van der Waals surface area (Å²) >= 11 is 0. The maximum atomic E-state index is 13.1. The molecule has 0 aromatic rings. The van der Waals surface area contributed by atoms with Gasteiger partial charge in [0.15, 0.2) is 0 Å². The van der Waals surface area contributed by atoms with Crippen molar-refractivity contribution < 1.29 is 8.78 Å². The third-order valence-corrected chi connectivity index (χ3v) is 4.29. The number of hydrogen-bond donors (Lipinski definition) is 1. The van der Waals surface area contributed by atoms with Crippen LogP contribution in [0.25, 0.3) is 0 Å². The van der Waals surface area contributed by atoms with E-state index in [0.29, 0.717) is 18.9 Å². The molecule has 2 rings (SSSR count). The Morgan fingerprint density at radius 1 is 1.25 bits per heavy atom. The van der Waals surface area contributed by atoms with Crippen molar-refractivity contribution >= 4 is 0 Å². The highest BCUT2D eigenvalue weighted by atomic mass is 19.3. The Hall–Kier alpha value is -0.220. The standard InChI is InChI=1S/C12H22F2N2/c1-16-8-2-3-10(16)9-11(15)4-6-12(13,14)7-5-11/h10H,2-9,15H2,1H3. The number of alkyl halides is 2. The van der Waals surface area contributed by atoms with E-state index in [4.69, 9.17) is 5.73 Å². The predicted molar refractivity (Wildman–Crippen MR) is 60.6 cm³/mol. The summed E-state index contributed by atoms with van der Waals surface area (Å²) in [5, 5.41) is 0. The second-order valence-corrected chi connectivity index (χ2v) is 5.70. The van der Waals surface area contributed by atoms with E-state index >= 15 is 0 Å². The van der Waals surface area contributed by atoms with E-state index in [1.807, 2.05) is 0 Å². The van der Waals surface area contributed by atoms with Crippen molar-refractivity contribution in [2.45, 2.75) is 62.4 Å². The Balaban J connectivity index is 1.89. The first-order valence-electron chi connectivity index (χ1n) is 6.27. The molecule has 0 amide bonds. The van der Waals surface area contributed by atoms with Crippen molar-refractivity contribution in [1.82, 2.24) is 4.90 Å². The van der Waals surface area contributed by atoms with Crippen molar-refractivity contribution in [3.63, 3.8) is 0 Å². The lowest BCUT2D eigenvalue weighted by atomic mass is 9.76. The van der Waals surface area contributed by atoms with Gasteiger partial charge in [0.1, 0.15) is 0 Å². The summed E-state index contributed by atoms with van der Waals surface area (Å²) < 4.78 is 26.1. The Kier molecular flexibility index (Phi) is 3.23. The first kappa shape index (κ1) is 12.2. The van der Waals surface area contributed by atoms with Crippen LogP contribution in [0.5, 0.6) is 0 Å². The summed E-state index contributed by atoms with van der Waals surface area (Å²) in [6.45, 7) is 1.12. The van der Waals surface area contributed by atoms with Crippen molar-refractivity contribution in [3.8, 4) is 0 Å². The van der Waals surface area contributed by atoms with Gasteiger partial charge in [-0.15, -0.1) is 0 Å². The van der Waals surface area contributed by atoms with Gasteiger partial charge in [-0.3, -0.25) is 0 Å². The van der Waals surface area contributed by atoms with Crippen LogP contribution in [-0.4, -0.2) is 36.0 Å². The summed E-state index contributed by atoms with van der Waals surface area (Å²) in [6.07, 6.45) is 4.17. The van der Waals surface area contributed by atoms with Crippen LogP contribution in [0.2, 0.25) is 0 Å². The normalized spacial score (nSPS) is 34.1. The minimum Gasteiger partial charge on any atom is -0.325 e. The largest absolute Gasteiger partial charge is 0.325 e. The number of hydrogen-bond acceptors (Lipinski definition) is 2. The number of likely N-dealkylation sites (tertiary alicyclic amines) is 1. The fourth-order valence-corrected chi connectivity index (χ4v) is 3.02. The van der Waals surface area contributed by atoms with Gasteiger partial charge in [0.25, 0.3) is 0 Å². The molecule has 0 bridgehead atoms. The molecule has 2 nitrogen and oxygen atoms in total. The monoisotopic (exact) mass is 232 g/mol. The van der Waals surface area contributed by atoms with Gasteiger partial charge in [0.2, 0.25) is 5.92 Å². The second-order valence-electron chi connectivity index (χ2n) is 5.70. The topological polar surface area (TPSA) is 29.3 Å². The zero-order chi connectivity index (χ0) is 11.8. The zero-order valence-corrected chi connectivity index (χ0v) is 10.0. The number of halogens is 2. The molecule has 1 heterocycles. The molecule has 1 unspecified atom stereocenters. The molecule has 0 aromatic carbocycles. The second kappa shape index (κ2) is 4.22. The van der Waals surface area contributed by atoms with Crippen LogP contribution in [0.4, 0.5) is 8.78 Å². The van der Waals surface area contributed by atoms with Crippen LogP contribution >= 0.6 is 0 Å². The van der Waals surface area contributed by atoms with Gasteiger partial charge >= 0.3 is 0 Å². The van der Waals surface area contributed by atoms with E-state index in [9.17, 15) is 8.78 Å². The minimum absolute atomic E-state index is 0.0278. The fourth-order valence-electron chi connectivity index (χ4n) is 3.02. The van der Waals surface area contributed by atoms with Crippen LogP contribution in [0.3, 0.4) is 0 Å². The van der Waals surface area contributed by atoms with Crippen molar-refractivity contribution in [2.24, 2.45) is 5.73 Å². The highest BCUT2D eigenvalue weighted by Crippen LogP contribution is 2.40. The average molecular weight is 232 g/mol. The molecule has 16 heavy (non-hydrogen) atoms. The molecule has 0 aromatic heterocycles. The lowest BCUT2D eigenvalue weighted by molar-refractivity contribution is -0.0536. The molecule has 94 valence electrons. The van der Waals surface area contributed by atoms with Gasteiger partial charge in [-0.1, -0.05) is 0 Å². The Labute approximate surface area is 96.2 Å². The summed E-state index contributed by atoms with van der Waals surface area (Å²) in [4.78, 5) is 2.32. The molecule has 1 aliphatic heterocycles. The molecule has 1 saturated carbocycles. The van der Waals surface area contributed by atoms with Crippen LogP contribution in [0.15, 0.2) is 0 Å². The Morgan fingerprint density at radius 2 is 1.88 bits per heavy atom. The summed E-state index contributed by atoms with van der Waals surface area (Å²) in [6, 6.07) is 0.511. The Morgan fingerprint density at radius 3 is 2.38 bits per heavy atom. The SMILES string of the molecule is CN1CCCC1CC1(N)CCC(F)(F)CC1. The van der Waals surface area contributed by atoms with Gasteiger partial charge in [-0.05, 0) is 45.7 Å². The van der Waals surface area contributed by atoms with E-state index in [1.54, 1.807) is 0 Å². The van der Waals surface area contributed by atoms with Gasteiger partial charge in [0, 0.05) is 24.4 Å². The third-order valence-electron chi connectivity index (χ3n) is 4.29. The average Bonchev–Trinajstić information content (AvgIpc) is 2.58. The number of nitrogens with zero attached hydrogens (tertiary/aromatic N) is 1. The van der Waals surface area contributed by atoms with E-state index in [2.05, 4.69) is 11.9 Å². The molecule has 2 aliphatic rings. The van der Waals surface area contributed by atoms with E-state index in [0.717, 1.165) is 13.0 Å². The molecule has 0 radical (unpaired) electrons. The molecular weight excluding hydrogens is 210 g/mol. The quantitative estimate of drug-likeness (QED) is 0.792. The molecule has 1 saturated heterocycles. The number of rotatable bonds is 2. The molecule has 1 aliphatic carbocycles. The van der Waals surface area contributed by atoms with Gasteiger partial charge in [0.05, 0.1) is 0 Å². The van der Waals surface area contributed by atoms with E-state index < -0.39 is 5.92 Å². The molecular formula is C12H22F2N2. The highest BCUT2D eigenvalue weighted by Gasteiger charge is 2.42. The van der Waals surface area contributed by atoms with E-state index in [-0.39, 0.29) is 18.4 Å². The molecule has 2 N–H and O–H groups in total. The van der Waals surface area contributed by atoms with Gasteiger partial charge in [-0.2, -0.15) is 0 Å². The Bertz CT molecular complexity index is 245. The van der Waals surface area contributed by atoms with Gasteiger partial charge in [-0.25, -0.2) is 8.78 Å². The zero-order valence-electron chi connectivity index (χ0n) is 10.0. The first-order chi connectivity index (χ1) is 7.40.